The predicted molar refractivity (Wildman–Crippen MR) is 51.5 cm³/mol. The van der Waals surface area contributed by atoms with Crippen LogP contribution in [0.2, 0.25) is 0 Å². The van der Waals surface area contributed by atoms with Crippen LogP contribution in [0.5, 0.6) is 0 Å². The van der Waals surface area contributed by atoms with Crippen LogP contribution in [0.3, 0.4) is 0 Å². The summed E-state index contributed by atoms with van der Waals surface area (Å²) in [5.74, 6) is 0.238. The first-order valence-electron chi connectivity index (χ1n) is 5.36. The fraction of sp³-hybridized carbons (Fsp3) is 0.900. The smallest absolute Gasteiger partial charge is 0.220 e. The number of carbonyl (C=O) groups is 1. The van der Waals surface area contributed by atoms with E-state index in [1.54, 1.807) is 0 Å². The second-order valence-electron chi connectivity index (χ2n) is 4.16. The summed E-state index contributed by atoms with van der Waals surface area (Å²) in [7, 11) is 0. The van der Waals surface area contributed by atoms with E-state index in [0.29, 0.717) is 6.04 Å². The lowest BCUT2D eigenvalue weighted by Crippen LogP contribution is -2.41. The second-order valence-corrected chi connectivity index (χ2v) is 4.16. The van der Waals surface area contributed by atoms with Gasteiger partial charge in [0.25, 0.3) is 0 Å². The molecular weight excluding hydrogens is 164 g/mol. The van der Waals surface area contributed by atoms with Crippen molar-refractivity contribution in [1.82, 2.24) is 10.2 Å². The first kappa shape index (κ1) is 9.00. The molecule has 2 aliphatic heterocycles. The van der Waals surface area contributed by atoms with Gasteiger partial charge in [-0.05, 0) is 32.4 Å². The summed E-state index contributed by atoms with van der Waals surface area (Å²) in [6.07, 6.45) is 5.82. The molecule has 74 valence electrons. The molecule has 0 aromatic carbocycles. The van der Waals surface area contributed by atoms with Crippen molar-refractivity contribution in [1.29, 1.82) is 0 Å². The van der Waals surface area contributed by atoms with Gasteiger partial charge in [-0.2, -0.15) is 0 Å². The molecule has 0 radical (unpaired) electrons. The van der Waals surface area contributed by atoms with Crippen LogP contribution in [0.25, 0.3) is 0 Å². The predicted octanol–water partition coefficient (Wildman–Crippen LogP) is 0.751. The van der Waals surface area contributed by atoms with Crippen molar-refractivity contribution in [3.63, 3.8) is 0 Å². The lowest BCUT2D eigenvalue weighted by Gasteiger charge is -2.28. The summed E-state index contributed by atoms with van der Waals surface area (Å²) in [6, 6.07) is 0.436. The zero-order valence-electron chi connectivity index (χ0n) is 8.09. The van der Waals surface area contributed by atoms with E-state index in [9.17, 15) is 4.79 Å². The maximum absolute atomic E-state index is 11.0. The number of nitrogens with one attached hydrogen (secondary N) is 1. The van der Waals surface area contributed by atoms with Crippen LogP contribution >= 0.6 is 0 Å². The minimum atomic E-state index is 0.238. The Morgan fingerprint density at radius 1 is 1.31 bits per heavy atom. The third-order valence-electron chi connectivity index (χ3n) is 3.01. The molecule has 0 spiro atoms. The van der Waals surface area contributed by atoms with Crippen LogP contribution in [-0.4, -0.2) is 36.5 Å². The maximum atomic E-state index is 11.0. The summed E-state index contributed by atoms with van der Waals surface area (Å²) in [5, 5.41) is 3.02. The highest BCUT2D eigenvalue weighted by Crippen LogP contribution is 2.13. The van der Waals surface area contributed by atoms with Gasteiger partial charge in [0, 0.05) is 19.0 Å². The van der Waals surface area contributed by atoms with Crippen molar-refractivity contribution >= 4 is 5.91 Å². The number of hydrogen-bond acceptors (Lipinski definition) is 2. The first-order valence-corrected chi connectivity index (χ1v) is 5.36. The fourth-order valence-electron chi connectivity index (χ4n) is 2.27. The molecule has 3 nitrogen and oxygen atoms in total. The van der Waals surface area contributed by atoms with Gasteiger partial charge in [-0.3, -0.25) is 4.79 Å². The molecule has 1 amide bonds. The highest BCUT2D eigenvalue weighted by molar-refractivity contribution is 5.78. The average Bonchev–Trinajstić information content (AvgIpc) is 2.53. The molecule has 13 heavy (non-hydrogen) atoms. The number of likely N-dealkylation sites (tertiary alicyclic amines) is 1. The number of rotatable bonds is 2. The summed E-state index contributed by atoms with van der Waals surface area (Å²) >= 11 is 0. The molecule has 0 aliphatic carbocycles. The minimum Gasteiger partial charge on any atom is -0.352 e. The van der Waals surface area contributed by atoms with Crippen molar-refractivity contribution in [2.24, 2.45) is 0 Å². The Hall–Kier alpha value is -0.570. The second kappa shape index (κ2) is 4.09. The van der Waals surface area contributed by atoms with E-state index in [-0.39, 0.29) is 5.91 Å². The Balaban J connectivity index is 1.73. The van der Waals surface area contributed by atoms with E-state index in [1.165, 1.54) is 32.4 Å². The highest BCUT2D eigenvalue weighted by Gasteiger charge is 2.23. The number of amides is 1. The fourth-order valence-corrected chi connectivity index (χ4v) is 2.27. The van der Waals surface area contributed by atoms with E-state index < -0.39 is 0 Å². The van der Waals surface area contributed by atoms with Gasteiger partial charge in [0.05, 0.1) is 0 Å². The lowest BCUT2D eigenvalue weighted by atomic mass is 10.1. The van der Waals surface area contributed by atoms with Crippen molar-refractivity contribution < 1.29 is 4.79 Å². The number of carbonyl (C=O) groups excluding carboxylic acids is 1. The van der Waals surface area contributed by atoms with E-state index in [1.807, 2.05) is 0 Å². The SMILES string of the molecule is O=C1CC[C@@H](CN2CCCCC2)N1. The summed E-state index contributed by atoms with van der Waals surface area (Å²) < 4.78 is 0. The van der Waals surface area contributed by atoms with Crippen molar-refractivity contribution in [2.45, 2.75) is 38.1 Å². The van der Waals surface area contributed by atoms with Gasteiger partial charge in [-0.1, -0.05) is 6.42 Å². The molecule has 0 unspecified atom stereocenters. The molecule has 2 heterocycles. The third-order valence-corrected chi connectivity index (χ3v) is 3.01. The van der Waals surface area contributed by atoms with Gasteiger partial charge < -0.3 is 10.2 Å². The van der Waals surface area contributed by atoms with E-state index >= 15 is 0 Å². The van der Waals surface area contributed by atoms with Gasteiger partial charge in [-0.25, -0.2) is 0 Å². The molecule has 2 saturated heterocycles. The summed E-state index contributed by atoms with van der Waals surface area (Å²) in [6.45, 7) is 3.53. The Morgan fingerprint density at radius 2 is 2.08 bits per heavy atom. The van der Waals surface area contributed by atoms with Crippen LogP contribution in [-0.2, 0) is 4.79 Å². The van der Waals surface area contributed by atoms with E-state index in [0.717, 1.165) is 19.4 Å². The summed E-state index contributed by atoms with van der Waals surface area (Å²) in [5.41, 5.74) is 0. The van der Waals surface area contributed by atoms with Crippen LogP contribution < -0.4 is 5.32 Å². The molecule has 0 aromatic rings. The van der Waals surface area contributed by atoms with Crippen molar-refractivity contribution in [3.8, 4) is 0 Å². The van der Waals surface area contributed by atoms with Crippen molar-refractivity contribution in [2.75, 3.05) is 19.6 Å². The van der Waals surface area contributed by atoms with Crippen molar-refractivity contribution in [3.05, 3.63) is 0 Å². The molecule has 3 heteroatoms. The van der Waals surface area contributed by atoms with Crippen LogP contribution in [0.4, 0.5) is 0 Å². The Kier molecular flexibility index (Phi) is 2.83. The van der Waals surface area contributed by atoms with Gasteiger partial charge in [0.1, 0.15) is 0 Å². The van der Waals surface area contributed by atoms with Gasteiger partial charge >= 0.3 is 0 Å². The Labute approximate surface area is 79.5 Å². The quantitative estimate of drug-likeness (QED) is 0.683. The molecule has 0 saturated carbocycles. The van der Waals surface area contributed by atoms with E-state index in [2.05, 4.69) is 10.2 Å². The third kappa shape index (κ3) is 2.44. The highest BCUT2D eigenvalue weighted by atomic mass is 16.1. The lowest BCUT2D eigenvalue weighted by molar-refractivity contribution is -0.119. The molecule has 2 fully saturated rings. The zero-order chi connectivity index (χ0) is 9.10. The van der Waals surface area contributed by atoms with E-state index in [4.69, 9.17) is 0 Å². The van der Waals surface area contributed by atoms with Gasteiger partial charge in [0.2, 0.25) is 5.91 Å². The van der Waals surface area contributed by atoms with Crippen LogP contribution in [0.15, 0.2) is 0 Å². The Morgan fingerprint density at radius 3 is 2.69 bits per heavy atom. The number of nitrogens with zero attached hydrogens (tertiary/aromatic N) is 1. The van der Waals surface area contributed by atoms with Gasteiger partial charge in [-0.15, -0.1) is 0 Å². The molecule has 0 aromatic heterocycles. The topological polar surface area (TPSA) is 32.3 Å². The molecule has 1 atom stereocenters. The molecular formula is C10H18N2O. The normalized spacial score (nSPS) is 30.5. The Bertz CT molecular complexity index is 187. The first-order chi connectivity index (χ1) is 6.34. The summed E-state index contributed by atoms with van der Waals surface area (Å²) in [4.78, 5) is 13.5. The van der Waals surface area contributed by atoms with Gasteiger partial charge in [0.15, 0.2) is 0 Å². The monoisotopic (exact) mass is 182 g/mol. The largest absolute Gasteiger partial charge is 0.352 e. The maximum Gasteiger partial charge on any atom is 0.220 e. The minimum absolute atomic E-state index is 0.238. The number of piperidine rings is 1. The number of hydrogen-bond donors (Lipinski definition) is 1. The van der Waals surface area contributed by atoms with Crippen LogP contribution in [0, 0.1) is 0 Å². The zero-order valence-corrected chi connectivity index (χ0v) is 8.09. The average molecular weight is 182 g/mol. The molecule has 2 rings (SSSR count). The molecule has 2 aliphatic rings. The molecule has 1 N–H and O–H groups in total. The molecule has 0 bridgehead atoms. The van der Waals surface area contributed by atoms with Crippen LogP contribution in [0.1, 0.15) is 32.1 Å². The standard InChI is InChI=1S/C10H18N2O/c13-10-5-4-9(11-10)8-12-6-2-1-3-7-12/h9H,1-8H2,(H,11,13)/t9-/m0/s1.